The molecule has 0 saturated carbocycles. The lowest BCUT2D eigenvalue weighted by molar-refractivity contribution is -0.128. The fourth-order valence-corrected chi connectivity index (χ4v) is 6.89. The first-order chi connectivity index (χ1) is 20.3. The van der Waals surface area contributed by atoms with E-state index in [1.807, 2.05) is 0 Å². The molecule has 1 saturated heterocycles. The minimum absolute atomic E-state index is 0.168. The predicted octanol–water partition coefficient (Wildman–Crippen LogP) is 8.62. The normalized spacial score (nSPS) is 19.1. The first-order valence-corrected chi connectivity index (χ1v) is 19.3. The van der Waals surface area contributed by atoms with Gasteiger partial charge in [0.05, 0.1) is 13.2 Å². The number of aromatic amines is 1. The molecule has 1 aliphatic rings. The fourth-order valence-electron chi connectivity index (χ4n) is 4.76. The van der Waals surface area contributed by atoms with Gasteiger partial charge in [-0.1, -0.05) is 109 Å². The molecule has 0 spiro atoms. The molecule has 1 aromatic heterocycles. The number of ether oxygens (including phenoxy) is 1. The van der Waals surface area contributed by atoms with Gasteiger partial charge in [-0.15, -0.1) is 0 Å². The van der Waals surface area contributed by atoms with E-state index in [9.17, 15) is 18.5 Å². The van der Waals surface area contributed by atoms with Gasteiger partial charge in [0, 0.05) is 28.8 Å². The van der Waals surface area contributed by atoms with E-state index in [-0.39, 0.29) is 25.2 Å². The zero-order valence-electron chi connectivity index (χ0n) is 25.0. The third kappa shape index (κ3) is 15.1. The highest BCUT2D eigenvalue weighted by Crippen LogP contribution is 2.53. The maximum Gasteiger partial charge on any atom is 0.477 e. The Labute approximate surface area is 266 Å². The second-order valence-electron chi connectivity index (χ2n) is 10.9. The number of alkyl halides is 3. The molecular formula is C29H50Br2FN2O7P. The fraction of sp³-hybridized carbons (Fsp3) is 0.862. The Kier molecular flexibility index (Phi) is 20.0. The average molecular weight is 749 g/mol. The molecule has 0 radical (unpaired) electrons. The number of unbranched alkanes of at least 4 members (excludes halogenated alkanes) is 14. The third-order valence-corrected chi connectivity index (χ3v) is 9.84. The molecule has 13 heteroatoms. The number of hydrogen-bond donors (Lipinski definition) is 1. The molecule has 0 aromatic carbocycles. The number of H-pyrrole nitrogens is 1. The van der Waals surface area contributed by atoms with Gasteiger partial charge in [-0.2, -0.15) is 0 Å². The van der Waals surface area contributed by atoms with Crippen molar-refractivity contribution >= 4 is 39.7 Å². The van der Waals surface area contributed by atoms with Crippen LogP contribution in [0.1, 0.15) is 121 Å². The van der Waals surface area contributed by atoms with Crippen LogP contribution in [0.5, 0.6) is 0 Å². The molecule has 0 amide bonds. The first-order valence-electron chi connectivity index (χ1n) is 15.6. The van der Waals surface area contributed by atoms with Crippen LogP contribution in [0.2, 0.25) is 0 Å². The van der Waals surface area contributed by atoms with Crippen molar-refractivity contribution in [3.63, 3.8) is 0 Å². The molecular weight excluding hydrogens is 698 g/mol. The molecule has 9 nitrogen and oxygen atoms in total. The molecule has 244 valence electrons. The number of rotatable bonds is 25. The molecule has 0 bridgehead atoms. The van der Waals surface area contributed by atoms with Crippen LogP contribution in [-0.4, -0.2) is 45.9 Å². The highest BCUT2D eigenvalue weighted by molar-refractivity contribution is 9.09. The minimum atomic E-state index is -4.12. The molecule has 0 unspecified atom stereocenters. The SMILES string of the molecule is Cc1cn([C@H]2C[C@H](F)[C@@H](OP(=O)(OCCCCCCCCCCBr)OCCCCCCCCCCBr)O2)c(=O)[nH]c1=O. The topological polar surface area (TPSA) is 109 Å². The summed E-state index contributed by atoms with van der Waals surface area (Å²) in [6.45, 7) is 1.87. The van der Waals surface area contributed by atoms with E-state index in [0.29, 0.717) is 12.8 Å². The number of phosphoric ester groups is 1. The van der Waals surface area contributed by atoms with Crippen LogP contribution in [0.4, 0.5) is 4.39 Å². The summed E-state index contributed by atoms with van der Waals surface area (Å²) < 4.78 is 52.1. The van der Waals surface area contributed by atoms with Crippen LogP contribution in [0.25, 0.3) is 0 Å². The maximum atomic E-state index is 15.0. The van der Waals surface area contributed by atoms with Crippen molar-refractivity contribution in [2.75, 3.05) is 23.9 Å². The summed E-state index contributed by atoms with van der Waals surface area (Å²) in [6, 6.07) is 0. The van der Waals surface area contributed by atoms with Crippen LogP contribution in [0, 0.1) is 6.92 Å². The van der Waals surface area contributed by atoms with E-state index >= 15 is 0 Å². The number of phosphoric acid groups is 1. The van der Waals surface area contributed by atoms with Gasteiger partial charge in [0.2, 0.25) is 6.29 Å². The summed E-state index contributed by atoms with van der Waals surface area (Å²) in [5.74, 6) is 0. The Morgan fingerprint density at radius 1 is 0.857 bits per heavy atom. The van der Waals surface area contributed by atoms with Crippen LogP contribution < -0.4 is 11.2 Å². The Balaban J connectivity index is 1.85. The van der Waals surface area contributed by atoms with Crippen molar-refractivity contribution in [2.24, 2.45) is 0 Å². The van der Waals surface area contributed by atoms with Gasteiger partial charge in [0.15, 0.2) is 6.17 Å². The summed E-state index contributed by atoms with van der Waals surface area (Å²) >= 11 is 6.91. The van der Waals surface area contributed by atoms with E-state index in [4.69, 9.17) is 18.3 Å². The van der Waals surface area contributed by atoms with Gasteiger partial charge in [-0.25, -0.2) is 13.8 Å². The number of nitrogens with zero attached hydrogens (tertiary/aromatic N) is 1. The standard InChI is InChI=1S/C29H50Br2FN2O7P/c1-24-23-34(29(36)33-27(24)35)26-22-25(32)28(40-26)41-42(37,38-20-16-12-8-4-2-6-10-14-18-30)39-21-17-13-9-5-3-7-11-15-19-31/h23,25-26,28H,2-22H2,1H3,(H,33,35,36)/t25-,26+,28+/m0/s1. The van der Waals surface area contributed by atoms with Gasteiger partial charge in [-0.3, -0.25) is 27.9 Å². The number of aryl methyl sites for hydroxylation is 1. The van der Waals surface area contributed by atoms with Crippen LogP contribution in [0.3, 0.4) is 0 Å². The van der Waals surface area contributed by atoms with Gasteiger partial charge in [0.25, 0.3) is 5.56 Å². The second-order valence-corrected chi connectivity index (χ2v) is 14.2. The molecule has 1 fully saturated rings. The lowest BCUT2D eigenvalue weighted by Gasteiger charge is -2.22. The largest absolute Gasteiger partial charge is 0.477 e. The quantitative estimate of drug-likeness (QED) is 0.0606. The smallest absolute Gasteiger partial charge is 0.325 e. The highest BCUT2D eigenvalue weighted by Gasteiger charge is 2.43. The van der Waals surface area contributed by atoms with Gasteiger partial charge in [-0.05, 0) is 32.6 Å². The zero-order valence-corrected chi connectivity index (χ0v) is 29.1. The Bertz CT molecular complexity index is 1000. The number of halogens is 3. The summed E-state index contributed by atoms with van der Waals surface area (Å²) in [7, 11) is -4.12. The Hall–Kier alpha value is -0.360. The summed E-state index contributed by atoms with van der Waals surface area (Å²) in [5, 5.41) is 2.10. The molecule has 1 aromatic rings. The third-order valence-electron chi connectivity index (χ3n) is 7.26. The van der Waals surface area contributed by atoms with Crippen molar-refractivity contribution in [3.8, 4) is 0 Å². The van der Waals surface area contributed by atoms with E-state index in [1.54, 1.807) is 0 Å². The molecule has 2 heterocycles. The minimum Gasteiger partial charge on any atom is -0.325 e. The highest BCUT2D eigenvalue weighted by atomic mass is 79.9. The second kappa shape index (κ2) is 22.2. The monoisotopic (exact) mass is 746 g/mol. The molecule has 3 atom stereocenters. The van der Waals surface area contributed by atoms with E-state index in [1.165, 1.54) is 64.5 Å². The first kappa shape index (κ1) is 37.8. The zero-order chi connectivity index (χ0) is 30.6. The predicted molar refractivity (Wildman–Crippen MR) is 172 cm³/mol. The molecule has 1 N–H and O–H groups in total. The van der Waals surface area contributed by atoms with Crippen molar-refractivity contribution < 1.29 is 27.3 Å². The van der Waals surface area contributed by atoms with Crippen molar-refractivity contribution in [1.29, 1.82) is 0 Å². The van der Waals surface area contributed by atoms with Gasteiger partial charge in [0.1, 0.15) is 6.23 Å². The van der Waals surface area contributed by atoms with E-state index < -0.39 is 37.8 Å². The van der Waals surface area contributed by atoms with E-state index in [2.05, 4.69) is 36.8 Å². The lowest BCUT2D eigenvalue weighted by Crippen LogP contribution is -2.33. The van der Waals surface area contributed by atoms with Crippen LogP contribution in [0.15, 0.2) is 15.8 Å². The number of aromatic nitrogens is 2. The average Bonchev–Trinajstić information content (AvgIpc) is 3.31. The Morgan fingerprint density at radius 2 is 1.31 bits per heavy atom. The van der Waals surface area contributed by atoms with E-state index in [0.717, 1.165) is 53.8 Å². The Morgan fingerprint density at radius 3 is 1.79 bits per heavy atom. The number of hydrogen-bond acceptors (Lipinski definition) is 7. The molecule has 42 heavy (non-hydrogen) atoms. The molecule has 2 rings (SSSR count). The maximum absolute atomic E-state index is 15.0. The summed E-state index contributed by atoms with van der Waals surface area (Å²) in [6.07, 6.45) is 14.3. The summed E-state index contributed by atoms with van der Waals surface area (Å²) in [5.41, 5.74) is -0.951. The van der Waals surface area contributed by atoms with Crippen molar-refractivity contribution in [1.82, 2.24) is 9.55 Å². The van der Waals surface area contributed by atoms with Crippen molar-refractivity contribution in [3.05, 3.63) is 32.6 Å². The van der Waals surface area contributed by atoms with Crippen LogP contribution in [-0.2, 0) is 22.9 Å². The van der Waals surface area contributed by atoms with Crippen LogP contribution >= 0.6 is 39.7 Å². The molecule has 0 aliphatic carbocycles. The van der Waals surface area contributed by atoms with Gasteiger partial charge < -0.3 is 4.74 Å². The molecule has 1 aliphatic heterocycles. The lowest BCUT2D eigenvalue weighted by atomic mass is 10.1. The van der Waals surface area contributed by atoms with Crippen molar-refractivity contribution in [2.45, 2.75) is 135 Å². The summed E-state index contributed by atoms with van der Waals surface area (Å²) in [4.78, 5) is 26.2. The van der Waals surface area contributed by atoms with Gasteiger partial charge >= 0.3 is 13.5 Å². The number of nitrogens with one attached hydrogen (secondary N) is 1.